The molecular weight excluding hydrogens is 232 g/mol. The molecule has 0 radical (unpaired) electrons. The summed E-state index contributed by atoms with van der Waals surface area (Å²) in [5, 5.41) is 12.3. The molecule has 1 aliphatic heterocycles. The average molecular weight is 252 g/mol. The quantitative estimate of drug-likeness (QED) is 0.890. The second kappa shape index (κ2) is 5.52. The van der Waals surface area contributed by atoms with Gasteiger partial charge in [-0.25, -0.2) is 4.79 Å². The van der Waals surface area contributed by atoms with Crippen molar-refractivity contribution < 1.29 is 14.4 Å². The number of aromatic carboxylic acids is 1. The highest BCUT2D eigenvalue weighted by molar-refractivity contribution is 5.85. The number of aromatic nitrogens is 1. The van der Waals surface area contributed by atoms with E-state index in [-0.39, 0.29) is 5.69 Å². The first-order valence-electron chi connectivity index (χ1n) is 6.47. The number of likely N-dealkylation sites (tertiary alicyclic amines) is 1. The fraction of sp³-hybridized carbons (Fsp3) is 0.692. The first-order chi connectivity index (χ1) is 8.56. The fourth-order valence-electron chi connectivity index (χ4n) is 2.49. The molecule has 2 rings (SSSR count). The minimum atomic E-state index is -1.04. The Morgan fingerprint density at radius 1 is 1.56 bits per heavy atom. The number of rotatable bonds is 4. The molecule has 0 aliphatic carbocycles. The van der Waals surface area contributed by atoms with Gasteiger partial charge >= 0.3 is 5.97 Å². The Bertz CT molecular complexity index is 406. The van der Waals surface area contributed by atoms with Crippen molar-refractivity contribution >= 4 is 5.97 Å². The number of hydrogen-bond donors (Lipinski definition) is 1. The van der Waals surface area contributed by atoms with E-state index in [0.29, 0.717) is 12.3 Å². The predicted molar refractivity (Wildman–Crippen MR) is 66.3 cm³/mol. The third kappa shape index (κ3) is 3.10. The van der Waals surface area contributed by atoms with E-state index in [1.807, 2.05) is 0 Å². The molecule has 0 aromatic carbocycles. The van der Waals surface area contributed by atoms with Gasteiger partial charge in [0.25, 0.3) is 0 Å². The molecule has 1 fully saturated rings. The van der Waals surface area contributed by atoms with Gasteiger partial charge < -0.3 is 9.63 Å². The van der Waals surface area contributed by atoms with Gasteiger partial charge in [-0.1, -0.05) is 19.0 Å². The molecule has 0 bridgehead atoms. The summed E-state index contributed by atoms with van der Waals surface area (Å²) in [6.45, 7) is 7.30. The Morgan fingerprint density at radius 2 is 2.22 bits per heavy atom. The Hall–Kier alpha value is -1.36. The molecule has 1 aromatic heterocycles. The van der Waals surface area contributed by atoms with Crippen molar-refractivity contribution in [2.24, 2.45) is 11.8 Å². The summed E-state index contributed by atoms with van der Waals surface area (Å²) in [5.74, 6) is 1.15. The number of nitrogens with zero attached hydrogens (tertiary/aromatic N) is 2. The molecule has 0 amide bonds. The normalized spacial score (nSPS) is 18.4. The van der Waals surface area contributed by atoms with E-state index >= 15 is 0 Å². The standard InChI is InChI=1S/C13H20N2O3/c1-9(2)10-3-5-15(6-4-10)8-11-7-12(13(16)17)14-18-11/h7,9-10H,3-6,8H2,1-2H3,(H,16,17). The zero-order valence-corrected chi connectivity index (χ0v) is 10.9. The van der Waals surface area contributed by atoms with Crippen molar-refractivity contribution in [3.05, 3.63) is 17.5 Å². The maximum atomic E-state index is 10.7. The van der Waals surface area contributed by atoms with Crippen molar-refractivity contribution in [1.82, 2.24) is 10.1 Å². The van der Waals surface area contributed by atoms with Crippen molar-refractivity contribution in [3.8, 4) is 0 Å². The predicted octanol–water partition coefficient (Wildman–Crippen LogP) is 2.24. The van der Waals surface area contributed by atoms with Crippen LogP contribution in [0.4, 0.5) is 0 Å². The van der Waals surface area contributed by atoms with Crippen LogP contribution in [0.3, 0.4) is 0 Å². The first kappa shape index (κ1) is 13.1. The minimum Gasteiger partial charge on any atom is -0.476 e. The third-order valence-corrected chi connectivity index (χ3v) is 3.73. The molecule has 100 valence electrons. The van der Waals surface area contributed by atoms with Gasteiger partial charge in [0.15, 0.2) is 11.5 Å². The first-order valence-corrected chi connectivity index (χ1v) is 6.47. The zero-order valence-electron chi connectivity index (χ0n) is 10.9. The number of carbonyl (C=O) groups is 1. The number of carboxylic acid groups (broad SMARTS) is 1. The van der Waals surface area contributed by atoms with Gasteiger partial charge in [-0.05, 0) is 37.8 Å². The van der Waals surface area contributed by atoms with E-state index in [2.05, 4.69) is 23.9 Å². The summed E-state index contributed by atoms with van der Waals surface area (Å²) >= 11 is 0. The van der Waals surface area contributed by atoms with Gasteiger partial charge in [0.2, 0.25) is 0 Å². The molecule has 0 spiro atoms. The van der Waals surface area contributed by atoms with Crippen LogP contribution in [0.1, 0.15) is 42.9 Å². The van der Waals surface area contributed by atoms with Gasteiger partial charge in [0.1, 0.15) is 0 Å². The van der Waals surface area contributed by atoms with Crippen LogP contribution in [0.2, 0.25) is 0 Å². The van der Waals surface area contributed by atoms with Gasteiger partial charge in [-0.3, -0.25) is 4.90 Å². The summed E-state index contributed by atoms with van der Waals surface area (Å²) in [4.78, 5) is 13.0. The fourth-order valence-corrected chi connectivity index (χ4v) is 2.49. The second-order valence-electron chi connectivity index (χ2n) is 5.34. The lowest BCUT2D eigenvalue weighted by atomic mass is 9.87. The summed E-state index contributed by atoms with van der Waals surface area (Å²) in [6.07, 6.45) is 2.41. The van der Waals surface area contributed by atoms with Crippen molar-refractivity contribution in [2.75, 3.05) is 13.1 Å². The van der Waals surface area contributed by atoms with E-state index < -0.39 is 5.97 Å². The molecule has 1 aliphatic rings. The van der Waals surface area contributed by atoms with E-state index in [1.54, 1.807) is 0 Å². The van der Waals surface area contributed by atoms with Crippen LogP contribution in [-0.4, -0.2) is 34.2 Å². The van der Waals surface area contributed by atoms with Crippen molar-refractivity contribution in [2.45, 2.75) is 33.2 Å². The summed E-state index contributed by atoms with van der Waals surface area (Å²) in [6, 6.07) is 1.51. The third-order valence-electron chi connectivity index (χ3n) is 3.73. The molecule has 5 nitrogen and oxygen atoms in total. The minimum absolute atomic E-state index is 0.0120. The molecule has 2 heterocycles. The molecule has 5 heteroatoms. The largest absolute Gasteiger partial charge is 0.476 e. The molecule has 18 heavy (non-hydrogen) atoms. The number of piperidine rings is 1. The second-order valence-corrected chi connectivity index (χ2v) is 5.34. The SMILES string of the molecule is CC(C)C1CCN(Cc2cc(C(=O)O)no2)CC1. The highest BCUT2D eigenvalue weighted by atomic mass is 16.5. The Balaban J connectivity index is 1.85. The van der Waals surface area contributed by atoms with Crippen LogP contribution in [0.15, 0.2) is 10.6 Å². The lowest BCUT2D eigenvalue weighted by Gasteiger charge is -2.33. The topological polar surface area (TPSA) is 66.6 Å². The maximum absolute atomic E-state index is 10.7. The van der Waals surface area contributed by atoms with Crippen LogP contribution >= 0.6 is 0 Å². The Labute approximate surface area is 107 Å². The zero-order chi connectivity index (χ0) is 13.1. The lowest BCUT2D eigenvalue weighted by molar-refractivity contribution is 0.0685. The highest BCUT2D eigenvalue weighted by Gasteiger charge is 2.22. The molecule has 1 aromatic rings. The maximum Gasteiger partial charge on any atom is 0.358 e. The van der Waals surface area contributed by atoms with E-state index in [0.717, 1.165) is 24.9 Å². The highest BCUT2D eigenvalue weighted by Crippen LogP contribution is 2.25. The van der Waals surface area contributed by atoms with Crippen LogP contribution in [-0.2, 0) is 6.54 Å². The molecule has 1 saturated heterocycles. The van der Waals surface area contributed by atoms with E-state index in [4.69, 9.17) is 9.63 Å². The molecule has 0 unspecified atom stereocenters. The summed E-state index contributed by atoms with van der Waals surface area (Å²) in [5.41, 5.74) is -0.0120. The molecule has 0 saturated carbocycles. The van der Waals surface area contributed by atoms with Crippen LogP contribution in [0, 0.1) is 11.8 Å². The lowest BCUT2D eigenvalue weighted by Crippen LogP contribution is -2.34. The van der Waals surface area contributed by atoms with E-state index in [9.17, 15) is 4.79 Å². The Kier molecular flexibility index (Phi) is 4.01. The van der Waals surface area contributed by atoms with Crippen LogP contribution in [0.25, 0.3) is 0 Å². The van der Waals surface area contributed by atoms with Crippen molar-refractivity contribution in [3.63, 3.8) is 0 Å². The smallest absolute Gasteiger partial charge is 0.358 e. The molecular formula is C13H20N2O3. The van der Waals surface area contributed by atoms with Crippen molar-refractivity contribution in [1.29, 1.82) is 0 Å². The van der Waals surface area contributed by atoms with E-state index in [1.165, 1.54) is 18.9 Å². The Morgan fingerprint density at radius 3 is 2.72 bits per heavy atom. The number of carboxylic acids is 1. The monoisotopic (exact) mass is 252 g/mol. The molecule has 0 atom stereocenters. The van der Waals surface area contributed by atoms with Gasteiger partial charge in [0.05, 0.1) is 6.54 Å². The molecule has 1 N–H and O–H groups in total. The van der Waals surface area contributed by atoms with Gasteiger partial charge in [-0.15, -0.1) is 0 Å². The average Bonchev–Trinajstić information content (AvgIpc) is 2.78. The van der Waals surface area contributed by atoms with Gasteiger partial charge in [-0.2, -0.15) is 0 Å². The summed E-state index contributed by atoms with van der Waals surface area (Å²) in [7, 11) is 0. The summed E-state index contributed by atoms with van der Waals surface area (Å²) < 4.78 is 5.03. The number of hydrogen-bond acceptors (Lipinski definition) is 4. The van der Waals surface area contributed by atoms with Crippen LogP contribution in [0.5, 0.6) is 0 Å². The van der Waals surface area contributed by atoms with Crippen LogP contribution < -0.4 is 0 Å². The van der Waals surface area contributed by atoms with Gasteiger partial charge in [0, 0.05) is 6.07 Å².